The van der Waals surface area contributed by atoms with E-state index in [1.807, 2.05) is 44.2 Å². The minimum atomic E-state index is -0.925. The lowest BCUT2D eigenvalue weighted by Crippen LogP contribution is -2.56. The standard InChI is InChI=1S/C14H18N4OS2/c1-10(2)18-14(12(15)19,11-6-4-3-5-7-11)8-20-13-16-9-17-21-13/h3-7,9-10,18H,8H2,1-2H3,(H2,15,19). The largest absolute Gasteiger partial charge is 0.368 e. The fourth-order valence-electron chi connectivity index (χ4n) is 2.10. The zero-order valence-electron chi connectivity index (χ0n) is 11.9. The summed E-state index contributed by atoms with van der Waals surface area (Å²) in [6, 6.07) is 9.69. The number of aromatic nitrogens is 2. The lowest BCUT2D eigenvalue weighted by molar-refractivity contribution is -0.124. The van der Waals surface area contributed by atoms with Crippen molar-refractivity contribution < 1.29 is 4.79 Å². The van der Waals surface area contributed by atoms with Gasteiger partial charge in [-0.2, -0.15) is 4.37 Å². The van der Waals surface area contributed by atoms with Gasteiger partial charge in [-0.25, -0.2) is 4.98 Å². The monoisotopic (exact) mass is 322 g/mol. The molecule has 7 heteroatoms. The summed E-state index contributed by atoms with van der Waals surface area (Å²) in [7, 11) is 0. The fourth-order valence-corrected chi connectivity index (χ4v) is 3.75. The quantitative estimate of drug-likeness (QED) is 0.762. The Kier molecular flexibility index (Phi) is 5.33. The summed E-state index contributed by atoms with van der Waals surface area (Å²) in [5.41, 5.74) is 5.68. The highest BCUT2D eigenvalue weighted by molar-refractivity contribution is 8.01. The van der Waals surface area contributed by atoms with E-state index < -0.39 is 5.54 Å². The number of rotatable bonds is 7. The zero-order valence-corrected chi connectivity index (χ0v) is 13.6. The Morgan fingerprint density at radius 3 is 2.67 bits per heavy atom. The van der Waals surface area contributed by atoms with Gasteiger partial charge in [0.1, 0.15) is 11.9 Å². The summed E-state index contributed by atoms with van der Waals surface area (Å²) in [4.78, 5) is 16.4. The molecule has 2 rings (SSSR count). The maximum atomic E-state index is 12.2. The Balaban J connectivity index is 2.33. The number of benzene rings is 1. The van der Waals surface area contributed by atoms with Crippen LogP contribution < -0.4 is 11.1 Å². The number of carbonyl (C=O) groups excluding carboxylic acids is 1. The van der Waals surface area contributed by atoms with Crippen molar-refractivity contribution in [2.75, 3.05) is 5.75 Å². The minimum absolute atomic E-state index is 0.118. The van der Waals surface area contributed by atoms with Crippen LogP contribution in [0, 0.1) is 0 Å². The van der Waals surface area contributed by atoms with Crippen molar-refractivity contribution >= 4 is 29.2 Å². The number of hydrogen-bond donors (Lipinski definition) is 2. The summed E-state index contributed by atoms with van der Waals surface area (Å²) in [6.45, 7) is 3.99. The Morgan fingerprint density at radius 2 is 2.14 bits per heavy atom. The van der Waals surface area contributed by atoms with Gasteiger partial charge in [-0.3, -0.25) is 10.1 Å². The highest BCUT2D eigenvalue weighted by Gasteiger charge is 2.39. The number of nitrogens with zero attached hydrogens (tertiary/aromatic N) is 2. The molecule has 2 aromatic rings. The predicted molar refractivity (Wildman–Crippen MR) is 86.2 cm³/mol. The first-order chi connectivity index (χ1) is 10.0. The van der Waals surface area contributed by atoms with Gasteiger partial charge in [-0.1, -0.05) is 42.1 Å². The second-order valence-corrected chi connectivity index (χ2v) is 6.93. The predicted octanol–water partition coefficient (Wildman–Crippen LogP) is 2.01. The van der Waals surface area contributed by atoms with E-state index >= 15 is 0 Å². The molecule has 1 unspecified atom stereocenters. The van der Waals surface area contributed by atoms with E-state index in [-0.39, 0.29) is 11.9 Å². The van der Waals surface area contributed by atoms with Gasteiger partial charge in [-0.15, -0.1) is 0 Å². The van der Waals surface area contributed by atoms with E-state index in [4.69, 9.17) is 5.73 Å². The van der Waals surface area contributed by atoms with Gasteiger partial charge >= 0.3 is 0 Å². The van der Waals surface area contributed by atoms with Crippen molar-refractivity contribution in [3.05, 3.63) is 42.2 Å². The van der Waals surface area contributed by atoms with E-state index in [9.17, 15) is 4.79 Å². The van der Waals surface area contributed by atoms with Crippen LogP contribution in [0.25, 0.3) is 0 Å². The SMILES string of the molecule is CC(C)NC(CSc1ncns1)(C(N)=O)c1ccccc1. The first-order valence-electron chi connectivity index (χ1n) is 6.57. The summed E-state index contributed by atoms with van der Waals surface area (Å²) in [6.07, 6.45) is 1.51. The number of nitrogens with one attached hydrogen (secondary N) is 1. The molecule has 1 heterocycles. The molecule has 0 radical (unpaired) electrons. The number of carbonyl (C=O) groups is 1. The Bertz CT molecular complexity index is 574. The topological polar surface area (TPSA) is 80.9 Å². The highest BCUT2D eigenvalue weighted by atomic mass is 32.2. The molecule has 0 saturated carbocycles. The molecular formula is C14H18N4OS2. The first kappa shape index (κ1) is 15.9. The Morgan fingerprint density at radius 1 is 1.43 bits per heavy atom. The third kappa shape index (κ3) is 3.81. The maximum Gasteiger partial charge on any atom is 0.243 e. The molecule has 1 atom stereocenters. The summed E-state index contributed by atoms with van der Waals surface area (Å²) in [5, 5.41) is 3.33. The molecule has 3 N–H and O–H groups in total. The molecule has 0 aliphatic rings. The van der Waals surface area contributed by atoms with Crippen molar-refractivity contribution in [3.63, 3.8) is 0 Å². The number of amides is 1. The molecular weight excluding hydrogens is 304 g/mol. The van der Waals surface area contributed by atoms with Crippen LogP contribution >= 0.6 is 23.3 Å². The van der Waals surface area contributed by atoms with Crippen molar-refractivity contribution in [3.8, 4) is 0 Å². The van der Waals surface area contributed by atoms with Crippen LogP contribution in [0.2, 0.25) is 0 Å². The van der Waals surface area contributed by atoms with Gasteiger partial charge < -0.3 is 5.73 Å². The third-order valence-corrected chi connectivity index (χ3v) is 4.94. The lowest BCUT2D eigenvalue weighted by atomic mass is 9.90. The van der Waals surface area contributed by atoms with Gasteiger partial charge in [0, 0.05) is 11.8 Å². The van der Waals surface area contributed by atoms with Gasteiger partial charge in [0.2, 0.25) is 5.91 Å². The van der Waals surface area contributed by atoms with Crippen LogP contribution in [0.3, 0.4) is 0 Å². The summed E-state index contributed by atoms with van der Waals surface area (Å²) >= 11 is 2.79. The van der Waals surface area contributed by atoms with Gasteiger partial charge in [0.25, 0.3) is 0 Å². The van der Waals surface area contributed by atoms with Gasteiger partial charge in [0.15, 0.2) is 4.34 Å². The summed E-state index contributed by atoms with van der Waals surface area (Å²) < 4.78 is 4.80. The van der Waals surface area contributed by atoms with Crippen molar-refractivity contribution in [2.24, 2.45) is 5.73 Å². The van der Waals surface area contributed by atoms with Crippen LogP contribution in [0.15, 0.2) is 41.0 Å². The third-order valence-electron chi connectivity index (χ3n) is 2.98. The molecule has 0 aliphatic carbocycles. The molecule has 0 fully saturated rings. The van der Waals surface area contributed by atoms with Crippen molar-refractivity contribution in [1.29, 1.82) is 0 Å². The maximum absolute atomic E-state index is 12.2. The minimum Gasteiger partial charge on any atom is -0.368 e. The molecule has 5 nitrogen and oxygen atoms in total. The van der Waals surface area contributed by atoms with Crippen LogP contribution in [0.5, 0.6) is 0 Å². The van der Waals surface area contributed by atoms with Crippen molar-refractivity contribution in [1.82, 2.24) is 14.7 Å². The van der Waals surface area contributed by atoms with Crippen LogP contribution in [-0.4, -0.2) is 27.1 Å². The van der Waals surface area contributed by atoms with Gasteiger partial charge in [-0.05, 0) is 30.9 Å². The van der Waals surface area contributed by atoms with Crippen LogP contribution in [0.1, 0.15) is 19.4 Å². The smallest absolute Gasteiger partial charge is 0.243 e. The van der Waals surface area contributed by atoms with E-state index in [1.54, 1.807) is 0 Å². The normalized spacial score (nSPS) is 14.0. The lowest BCUT2D eigenvalue weighted by Gasteiger charge is -2.33. The number of hydrogen-bond acceptors (Lipinski definition) is 6. The average Bonchev–Trinajstić information content (AvgIpc) is 2.97. The fraction of sp³-hybridized carbons (Fsp3) is 0.357. The zero-order chi connectivity index (χ0) is 15.3. The van der Waals surface area contributed by atoms with Gasteiger partial charge in [0.05, 0.1) is 0 Å². The van der Waals surface area contributed by atoms with E-state index in [0.717, 1.165) is 9.90 Å². The highest BCUT2D eigenvalue weighted by Crippen LogP contribution is 2.30. The average molecular weight is 322 g/mol. The second-order valence-electron chi connectivity index (χ2n) is 4.93. The van der Waals surface area contributed by atoms with E-state index in [1.165, 1.54) is 29.6 Å². The molecule has 0 spiro atoms. The molecule has 21 heavy (non-hydrogen) atoms. The molecule has 0 aliphatic heterocycles. The molecule has 0 bridgehead atoms. The van der Waals surface area contributed by atoms with Crippen LogP contribution in [-0.2, 0) is 10.3 Å². The molecule has 1 aromatic heterocycles. The first-order valence-corrected chi connectivity index (χ1v) is 8.33. The number of nitrogens with two attached hydrogens (primary N) is 1. The molecule has 112 valence electrons. The van der Waals surface area contributed by atoms with Crippen LogP contribution in [0.4, 0.5) is 0 Å². The van der Waals surface area contributed by atoms with Crippen molar-refractivity contribution in [2.45, 2.75) is 29.8 Å². The Labute approximate surface area is 132 Å². The Hall–Kier alpha value is -1.44. The number of primary amides is 1. The van der Waals surface area contributed by atoms with E-state index in [0.29, 0.717) is 5.75 Å². The van der Waals surface area contributed by atoms with E-state index in [2.05, 4.69) is 14.7 Å². The molecule has 1 amide bonds. The molecule has 1 aromatic carbocycles. The number of thioether (sulfide) groups is 1. The summed E-state index contributed by atoms with van der Waals surface area (Å²) in [5.74, 6) is 0.0825. The molecule has 0 saturated heterocycles. The second kappa shape index (κ2) is 7.02.